The van der Waals surface area contributed by atoms with Gasteiger partial charge in [-0.2, -0.15) is 0 Å². The summed E-state index contributed by atoms with van der Waals surface area (Å²) in [5.74, 6) is 1.50. The first-order valence-electron chi connectivity index (χ1n) is 7.20. The molecule has 1 saturated heterocycles. The first kappa shape index (κ1) is 14.7. The van der Waals surface area contributed by atoms with Gasteiger partial charge in [0.1, 0.15) is 11.9 Å². The Morgan fingerprint density at radius 1 is 1.38 bits per heavy atom. The van der Waals surface area contributed by atoms with E-state index in [1.807, 2.05) is 31.2 Å². The molecule has 3 nitrogen and oxygen atoms in total. The molecule has 1 aliphatic rings. The van der Waals surface area contributed by atoms with Crippen molar-refractivity contribution in [2.24, 2.45) is 0 Å². The maximum absolute atomic E-state index is 13.2. The third-order valence-corrected chi connectivity index (χ3v) is 4.39. The van der Waals surface area contributed by atoms with Gasteiger partial charge in [0.15, 0.2) is 0 Å². The Kier molecular flexibility index (Phi) is 4.40. The Hall–Kier alpha value is -1.20. The van der Waals surface area contributed by atoms with Crippen molar-refractivity contribution in [2.75, 3.05) is 19.6 Å². The van der Waals surface area contributed by atoms with E-state index >= 15 is 0 Å². The third-order valence-electron chi connectivity index (χ3n) is 3.86. The lowest BCUT2D eigenvalue weighted by Gasteiger charge is -2.12. The largest absolute Gasteiger partial charge is 0.441 e. The molecule has 1 aromatic carbocycles. The van der Waals surface area contributed by atoms with E-state index in [9.17, 15) is 4.39 Å². The van der Waals surface area contributed by atoms with Crippen LogP contribution < -0.4 is 0 Å². The van der Waals surface area contributed by atoms with Gasteiger partial charge in [0, 0.05) is 36.1 Å². The van der Waals surface area contributed by atoms with Gasteiger partial charge < -0.3 is 4.42 Å². The van der Waals surface area contributed by atoms with Crippen LogP contribution in [0, 0.1) is 6.92 Å². The Bertz CT molecular complexity index is 611. The molecule has 0 radical (unpaired) electrons. The summed E-state index contributed by atoms with van der Waals surface area (Å²) >= 11 is 3.42. The second kappa shape index (κ2) is 6.28. The number of aryl methyl sites for hydroxylation is 1. The van der Waals surface area contributed by atoms with Crippen molar-refractivity contribution in [3.05, 3.63) is 40.2 Å². The van der Waals surface area contributed by atoms with Gasteiger partial charge in [0.2, 0.25) is 5.89 Å². The molecule has 112 valence electrons. The molecular weight excluding hydrogens is 335 g/mol. The van der Waals surface area contributed by atoms with Crippen molar-refractivity contribution in [1.29, 1.82) is 0 Å². The maximum atomic E-state index is 13.2. The van der Waals surface area contributed by atoms with Crippen LogP contribution in [0.15, 0.2) is 33.2 Å². The van der Waals surface area contributed by atoms with E-state index < -0.39 is 6.17 Å². The van der Waals surface area contributed by atoms with Crippen LogP contribution in [0.2, 0.25) is 0 Å². The number of nitrogens with zero attached hydrogens (tertiary/aromatic N) is 2. The van der Waals surface area contributed by atoms with Gasteiger partial charge >= 0.3 is 0 Å². The average molecular weight is 353 g/mol. The smallest absolute Gasteiger partial charge is 0.226 e. The molecule has 21 heavy (non-hydrogen) atoms. The zero-order chi connectivity index (χ0) is 14.8. The highest BCUT2D eigenvalue weighted by atomic mass is 79.9. The Morgan fingerprint density at radius 2 is 2.14 bits per heavy atom. The third kappa shape index (κ3) is 3.52. The fraction of sp³-hybridized carbons (Fsp3) is 0.438. The van der Waals surface area contributed by atoms with E-state index in [4.69, 9.17) is 4.42 Å². The Balaban J connectivity index is 1.68. The minimum Gasteiger partial charge on any atom is -0.441 e. The van der Waals surface area contributed by atoms with Crippen LogP contribution in [0.25, 0.3) is 11.5 Å². The van der Waals surface area contributed by atoms with E-state index in [0.29, 0.717) is 18.9 Å². The van der Waals surface area contributed by atoms with Crippen LogP contribution in [0.1, 0.15) is 17.9 Å². The number of hydrogen-bond donors (Lipinski definition) is 0. The lowest BCUT2D eigenvalue weighted by molar-refractivity contribution is 0.289. The molecule has 3 rings (SSSR count). The van der Waals surface area contributed by atoms with Crippen molar-refractivity contribution < 1.29 is 8.81 Å². The topological polar surface area (TPSA) is 29.3 Å². The maximum Gasteiger partial charge on any atom is 0.226 e. The molecule has 2 aromatic rings. The van der Waals surface area contributed by atoms with Gasteiger partial charge in [-0.15, -0.1) is 0 Å². The van der Waals surface area contributed by atoms with Crippen LogP contribution in [0.3, 0.4) is 0 Å². The Morgan fingerprint density at radius 3 is 2.81 bits per heavy atom. The number of rotatable bonds is 4. The summed E-state index contributed by atoms with van der Waals surface area (Å²) in [5.41, 5.74) is 1.94. The summed E-state index contributed by atoms with van der Waals surface area (Å²) in [6, 6.07) is 7.90. The zero-order valence-electron chi connectivity index (χ0n) is 12.0. The number of likely N-dealkylation sites (tertiary alicyclic amines) is 1. The molecule has 0 N–H and O–H groups in total. The van der Waals surface area contributed by atoms with Gasteiger partial charge in [-0.25, -0.2) is 9.37 Å². The van der Waals surface area contributed by atoms with Crippen molar-refractivity contribution in [2.45, 2.75) is 25.9 Å². The molecular formula is C16H18BrFN2O. The fourth-order valence-electron chi connectivity index (χ4n) is 2.63. The fourth-order valence-corrected chi connectivity index (χ4v) is 2.89. The summed E-state index contributed by atoms with van der Waals surface area (Å²) < 4.78 is 19.9. The number of alkyl halides is 1. The second-order valence-electron chi connectivity index (χ2n) is 5.47. The van der Waals surface area contributed by atoms with Crippen molar-refractivity contribution >= 4 is 15.9 Å². The SMILES string of the molecule is Cc1oc(-c2ccc(Br)cc2)nc1CCN1CC[C@@H](F)C1. The lowest BCUT2D eigenvalue weighted by atomic mass is 10.2. The standard InChI is InChI=1S/C16H18BrFN2O/c1-11-15(7-9-20-8-6-14(18)10-20)19-16(21-11)12-2-4-13(17)5-3-12/h2-5,14H,6-10H2,1H3/t14-/m1/s1. The predicted octanol–water partition coefficient (Wildman–Crippen LogP) is 4.00. The molecule has 0 bridgehead atoms. The van der Waals surface area contributed by atoms with Crippen molar-refractivity contribution in [1.82, 2.24) is 9.88 Å². The van der Waals surface area contributed by atoms with Crippen LogP contribution in [0.5, 0.6) is 0 Å². The van der Waals surface area contributed by atoms with Gasteiger partial charge in [-0.1, -0.05) is 15.9 Å². The van der Waals surface area contributed by atoms with Gasteiger partial charge in [0.25, 0.3) is 0 Å². The quantitative estimate of drug-likeness (QED) is 0.832. The monoisotopic (exact) mass is 352 g/mol. The molecule has 5 heteroatoms. The Labute approximate surface area is 132 Å². The number of aromatic nitrogens is 1. The van der Waals surface area contributed by atoms with Crippen molar-refractivity contribution in [3.63, 3.8) is 0 Å². The van der Waals surface area contributed by atoms with E-state index in [-0.39, 0.29) is 0 Å². The number of hydrogen-bond acceptors (Lipinski definition) is 3. The molecule has 1 atom stereocenters. The number of halogens is 2. The minimum atomic E-state index is -0.665. The van der Waals surface area contributed by atoms with Crippen LogP contribution >= 0.6 is 15.9 Å². The van der Waals surface area contributed by atoms with Crippen LogP contribution in [-0.2, 0) is 6.42 Å². The normalized spacial score (nSPS) is 19.3. The van der Waals surface area contributed by atoms with E-state index in [0.717, 1.165) is 41.0 Å². The minimum absolute atomic E-state index is 0.552. The summed E-state index contributed by atoms with van der Waals surface area (Å²) in [6.07, 6.45) is 0.794. The average Bonchev–Trinajstić information content (AvgIpc) is 3.04. The predicted molar refractivity (Wildman–Crippen MR) is 84.0 cm³/mol. The summed E-state index contributed by atoms with van der Waals surface area (Å²) in [7, 11) is 0. The molecule has 1 fully saturated rings. The summed E-state index contributed by atoms with van der Waals surface area (Å²) in [4.78, 5) is 6.74. The molecule has 1 aliphatic heterocycles. The van der Waals surface area contributed by atoms with Crippen molar-refractivity contribution in [3.8, 4) is 11.5 Å². The highest BCUT2D eigenvalue weighted by Gasteiger charge is 2.22. The molecule has 0 unspecified atom stereocenters. The molecule has 0 aliphatic carbocycles. The first-order valence-corrected chi connectivity index (χ1v) is 8.00. The van der Waals surface area contributed by atoms with Gasteiger partial charge in [-0.05, 0) is 37.6 Å². The molecule has 2 heterocycles. The van der Waals surface area contributed by atoms with Crippen LogP contribution in [-0.4, -0.2) is 35.7 Å². The number of oxazole rings is 1. The molecule has 1 aromatic heterocycles. The molecule has 0 spiro atoms. The van der Waals surface area contributed by atoms with Gasteiger partial charge in [-0.3, -0.25) is 4.90 Å². The zero-order valence-corrected chi connectivity index (χ0v) is 13.6. The first-order chi connectivity index (χ1) is 10.1. The van der Waals surface area contributed by atoms with E-state index in [1.165, 1.54) is 0 Å². The highest BCUT2D eigenvalue weighted by molar-refractivity contribution is 9.10. The van der Waals surface area contributed by atoms with E-state index in [2.05, 4.69) is 25.8 Å². The van der Waals surface area contributed by atoms with E-state index in [1.54, 1.807) is 0 Å². The van der Waals surface area contributed by atoms with Gasteiger partial charge in [0.05, 0.1) is 5.69 Å². The molecule has 0 saturated carbocycles. The summed E-state index contributed by atoms with van der Waals surface area (Å²) in [6.45, 7) is 4.17. The second-order valence-corrected chi connectivity index (χ2v) is 6.38. The lowest BCUT2D eigenvalue weighted by Crippen LogP contribution is -2.23. The van der Waals surface area contributed by atoms with Crippen LogP contribution in [0.4, 0.5) is 4.39 Å². The molecule has 0 amide bonds. The summed E-state index contributed by atoms with van der Waals surface area (Å²) in [5, 5.41) is 0. The number of benzene rings is 1. The highest BCUT2D eigenvalue weighted by Crippen LogP contribution is 2.24.